The molecule has 1 aliphatic heterocycles. The number of ether oxygens (including phenoxy) is 3. The molecular formula is C20H17ClN2O5. The second kappa shape index (κ2) is 7.82. The fraction of sp³-hybridized carbons (Fsp3) is 0.200. The summed E-state index contributed by atoms with van der Waals surface area (Å²) in [6.07, 6.45) is 0.0454. The molecule has 2 heterocycles. The van der Waals surface area contributed by atoms with Crippen molar-refractivity contribution >= 4 is 23.2 Å². The smallest absolute Gasteiger partial charge is 0.230 e. The molecule has 2 aromatic carbocycles. The Hall–Kier alpha value is -3.19. The quantitative estimate of drug-likeness (QED) is 0.698. The molecule has 0 aliphatic carbocycles. The number of nitrogens with one attached hydrogen (secondary N) is 1. The molecule has 1 aliphatic rings. The topological polar surface area (TPSA) is 82.8 Å². The number of hydrogen-bond donors (Lipinski definition) is 1. The van der Waals surface area contributed by atoms with E-state index in [1.54, 1.807) is 24.3 Å². The highest BCUT2D eigenvalue weighted by atomic mass is 35.5. The summed E-state index contributed by atoms with van der Waals surface area (Å²) in [4.78, 5) is 12.4. The highest BCUT2D eigenvalue weighted by molar-refractivity contribution is 6.31. The van der Waals surface area contributed by atoms with Gasteiger partial charge in [-0.2, -0.15) is 0 Å². The van der Waals surface area contributed by atoms with Crippen molar-refractivity contribution in [3.05, 3.63) is 53.2 Å². The van der Waals surface area contributed by atoms with Crippen LogP contribution in [0.4, 0.5) is 5.69 Å². The Morgan fingerprint density at radius 3 is 2.79 bits per heavy atom. The Morgan fingerprint density at radius 2 is 1.96 bits per heavy atom. The largest absolute Gasteiger partial charge is 0.495 e. The standard InChI is InChI=1S/C20H17ClN2O5/c1-25-16-5-3-13(21)9-15(16)22-20(24)11-14-10-18(28-23-14)12-2-4-17-19(8-12)27-7-6-26-17/h2-5,8-10H,6-7,11H2,1H3,(H,22,24). The van der Waals surface area contributed by atoms with Crippen molar-refractivity contribution in [3.8, 4) is 28.6 Å². The highest BCUT2D eigenvalue weighted by Crippen LogP contribution is 2.34. The minimum Gasteiger partial charge on any atom is -0.495 e. The molecule has 0 saturated heterocycles. The van der Waals surface area contributed by atoms with Crippen LogP contribution in [0.1, 0.15) is 5.69 Å². The fourth-order valence-corrected chi connectivity index (χ4v) is 3.04. The molecule has 0 bridgehead atoms. The molecule has 1 aromatic heterocycles. The van der Waals surface area contributed by atoms with Crippen LogP contribution in [-0.4, -0.2) is 31.4 Å². The number of halogens is 1. The van der Waals surface area contributed by atoms with Crippen molar-refractivity contribution in [2.45, 2.75) is 6.42 Å². The zero-order valence-corrected chi connectivity index (χ0v) is 15.8. The van der Waals surface area contributed by atoms with Crippen LogP contribution < -0.4 is 19.5 Å². The Morgan fingerprint density at radius 1 is 1.14 bits per heavy atom. The van der Waals surface area contributed by atoms with Gasteiger partial charge in [-0.25, -0.2) is 0 Å². The summed E-state index contributed by atoms with van der Waals surface area (Å²) in [7, 11) is 1.52. The summed E-state index contributed by atoms with van der Waals surface area (Å²) in [5.41, 5.74) is 1.79. The number of amides is 1. The monoisotopic (exact) mass is 400 g/mol. The molecule has 0 atom stereocenters. The van der Waals surface area contributed by atoms with E-state index < -0.39 is 0 Å². The molecule has 7 nitrogen and oxygen atoms in total. The summed E-state index contributed by atoms with van der Waals surface area (Å²) in [5.74, 6) is 2.16. The van der Waals surface area contributed by atoms with Crippen LogP contribution in [0.3, 0.4) is 0 Å². The van der Waals surface area contributed by atoms with E-state index in [0.29, 0.717) is 52.6 Å². The van der Waals surface area contributed by atoms with Crippen LogP contribution in [0.25, 0.3) is 11.3 Å². The average Bonchev–Trinajstić information content (AvgIpc) is 3.16. The number of methoxy groups -OCH3 is 1. The van der Waals surface area contributed by atoms with E-state index in [-0.39, 0.29) is 12.3 Å². The van der Waals surface area contributed by atoms with Crippen LogP contribution in [0.2, 0.25) is 5.02 Å². The first-order valence-corrected chi connectivity index (χ1v) is 8.99. The molecule has 0 fully saturated rings. The first-order valence-electron chi connectivity index (χ1n) is 8.61. The zero-order valence-electron chi connectivity index (χ0n) is 15.0. The SMILES string of the molecule is COc1ccc(Cl)cc1NC(=O)Cc1cc(-c2ccc3c(c2)OCCO3)on1. The third-order valence-electron chi connectivity index (χ3n) is 4.16. The van der Waals surface area contributed by atoms with Gasteiger partial charge >= 0.3 is 0 Å². The van der Waals surface area contributed by atoms with Gasteiger partial charge < -0.3 is 24.1 Å². The number of rotatable bonds is 5. The van der Waals surface area contributed by atoms with Crippen molar-refractivity contribution in [2.75, 3.05) is 25.6 Å². The van der Waals surface area contributed by atoms with Crippen molar-refractivity contribution in [1.82, 2.24) is 5.16 Å². The number of nitrogens with zero attached hydrogens (tertiary/aromatic N) is 1. The molecule has 1 amide bonds. The number of hydrogen-bond acceptors (Lipinski definition) is 6. The third-order valence-corrected chi connectivity index (χ3v) is 4.40. The Balaban J connectivity index is 1.46. The first-order chi connectivity index (χ1) is 13.6. The average molecular weight is 401 g/mol. The second-order valence-corrected chi connectivity index (χ2v) is 6.55. The van der Waals surface area contributed by atoms with Gasteiger partial charge in [-0.15, -0.1) is 0 Å². The van der Waals surface area contributed by atoms with Crippen LogP contribution in [0, 0.1) is 0 Å². The van der Waals surface area contributed by atoms with Crippen molar-refractivity contribution < 1.29 is 23.5 Å². The molecule has 1 N–H and O–H groups in total. The van der Waals surface area contributed by atoms with Crippen LogP contribution in [-0.2, 0) is 11.2 Å². The van der Waals surface area contributed by atoms with Crippen molar-refractivity contribution in [2.24, 2.45) is 0 Å². The van der Waals surface area contributed by atoms with E-state index in [4.69, 9.17) is 30.3 Å². The lowest BCUT2D eigenvalue weighted by Crippen LogP contribution is -2.15. The third kappa shape index (κ3) is 3.89. The van der Waals surface area contributed by atoms with Gasteiger partial charge in [0.05, 0.1) is 24.9 Å². The van der Waals surface area contributed by atoms with Gasteiger partial charge in [0.25, 0.3) is 0 Å². The number of fused-ring (bicyclic) bond motifs is 1. The van der Waals surface area contributed by atoms with Crippen LogP contribution in [0.15, 0.2) is 47.0 Å². The minimum atomic E-state index is -0.261. The number of aromatic nitrogens is 1. The highest BCUT2D eigenvalue weighted by Gasteiger charge is 2.16. The van der Waals surface area contributed by atoms with Gasteiger partial charge in [0.15, 0.2) is 17.3 Å². The van der Waals surface area contributed by atoms with Crippen molar-refractivity contribution in [1.29, 1.82) is 0 Å². The van der Waals surface area contributed by atoms with Gasteiger partial charge in [-0.1, -0.05) is 16.8 Å². The lowest BCUT2D eigenvalue weighted by molar-refractivity contribution is -0.115. The first kappa shape index (κ1) is 18.2. The lowest BCUT2D eigenvalue weighted by atomic mass is 10.1. The second-order valence-electron chi connectivity index (χ2n) is 6.11. The number of benzene rings is 2. The zero-order chi connectivity index (χ0) is 19.5. The maximum Gasteiger partial charge on any atom is 0.230 e. The lowest BCUT2D eigenvalue weighted by Gasteiger charge is -2.18. The summed E-state index contributed by atoms with van der Waals surface area (Å²) >= 11 is 5.99. The van der Waals surface area contributed by atoms with E-state index in [9.17, 15) is 4.79 Å². The Bertz CT molecular complexity index is 1020. The number of carbonyl (C=O) groups excluding carboxylic acids is 1. The summed E-state index contributed by atoms with van der Waals surface area (Å²) < 4.78 is 21.7. The fourth-order valence-electron chi connectivity index (χ4n) is 2.86. The molecular weight excluding hydrogens is 384 g/mol. The molecule has 0 radical (unpaired) electrons. The molecule has 4 rings (SSSR count). The normalized spacial score (nSPS) is 12.5. The predicted octanol–water partition coefficient (Wildman–Crippen LogP) is 3.96. The van der Waals surface area contributed by atoms with Crippen LogP contribution in [0.5, 0.6) is 17.2 Å². The molecule has 0 saturated carbocycles. The molecule has 3 aromatic rings. The molecule has 0 unspecified atom stereocenters. The number of anilines is 1. The van der Waals surface area contributed by atoms with Gasteiger partial charge in [-0.05, 0) is 36.4 Å². The van der Waals surface area contributed by atoms with E-state index in [1.165, 1.54) is 7.11 Å². The predicted molar refractivity (Wildman–Crippen MR) is 103 cm³/mol. The summed E-state index contributed by atoms with van der Waals surface area (Å²) in [5, 5.41) is 7.25. The molecule has 28 heavy (non-hydrogen) atoms. The number of carbonyl (C=O) groups is 1. The van der Waals surface area contributed by atoms with Gasteiger partial charge in [0.2, 0.25) is 5.91 Å². The van der Waals surface area contributed by atoms with Gasteiger partial charge in [-0.3, -0.25) is 4.79 Å². The minimum absolute atomic E-state index is 0.0454. The summed E-state index contributed by atoms with van der Waals surface area (Å²) in [6, 6.07) is 12.2. The summed E-state index contributed by atoms with van der Waals surface area (Å²) in [6.45, 7) is 1.04. The maximum absolute atomic E-state index is 12.4. The molecule has 0 spiro atoms. The van der Waals surface area contributed by atoms with Gasteiger partial charge in [0.1, 0.15) is 19.0 Å². The van der Waals surface area contributed by atoms with E-state index in [0.717, 1.165) is 5.56 Å². The molecule has 144 valence electrons. The van der Waals surface area contributed by atoms with Crippen molar-refractivity contribution in [3.63, 3.8) is 0 Å². The van der Waals surface area contributed by atoms with E-state index >= 15 is 0 Å². The molecule has 8 heteroatoms. The maximum atomic E-state index is 12.4. The van der Waals surface area contributed by atoms with Crippen LogP contribution >= 0.6 is 11.6 Å². The Labute approximate surface area is 166 Å². The van der Waals surface area contributed by atoms with Gasteiger partial charge in [0, 0.05) is 16.7 Å². The Kier molecular flexibility index (Phi) is 5.08. The van der Waals surface area contributed by atoms with E-state index in [1.807, 2.05) is 18.2 Å². The van der Waals surface area contributed by atoms with E-state index in [2.05, 4.69) is 10.5 Å².